The minimum Gasteiger partial charge on any atom is -0.353 e. The highest BCUT2D eigenvalue weighted by Crippen LogP contribution is 2.39. The second-order valence-corrected chi connectivity index (χ2v) is 8.93. The minimum absolute atomic E-state index is 0.0302. The second-order valence-electron chi connectivity index (χ2n) is 8.93. The second kappa shape index (κ2) is 8.37. The van der Waals surface area contributed by atoms with Crippen LogP contribution < -0.4 is 4.90 Å². The maximum absolute atomic E-state index is 14.1. The number of nitrogens with one attached hydrogen (secondary N) is 1. The van der Waals surface area contributed by atoms with Crippen LogP contribution in [0.5, 0.6) is 0 Å². The van der Waals surface area contributed by atoms with Crippen molar-refractivity contribution in [3.63, 3.8) is 0 Å². The quantitative estimate of drug-likeness (QED) is 0.669. The van der Waals surface area contributed by atoms with Crippen molar-refractivity contribution in [1.29, 1.82) is 0 Å². The highest BCUT2D eigenvalue weighted by Gasteiger charge is 2.30. The van der Waals surface area contributed by atoms with Gasteiger partial charge in [-0.2, -0.15) is 0 Å². The summed E-state index contributed by atoms with van der Waals surface area (Å²) in [5.74, 6) is 1.62. The Morgan fingerprint density at radius 2 is 2.00 bits per heavy atom. The molecule has 0 aliphatic carbocycles. The molecule has 0 unspecified atom stereocenters. The van der Waals surface area contributed by atoms with Gasteiger partial charge in [-0.05, 0) is 23.6 Å². The average molecular weight is 434 g/mol. The summed E-state index contributed by atoms with van der Waals surface area (Å²) >= 11 is 0. The molecule has 2 aromatic heterocycles. The van der Waals surface area contributed by atoms with Crippen LogP contribution in [-0.2, 0) is 17.8 Å². The molecule has 1 aromatic carbocycles. The van der Waals surface area contributed by atoms with Crippen LogP contribution in [0, 0.1) is 5.92 Å². The van der Waals surface area contributed by atoms with Crippen LogP contribution in [0.1, 0.15) is 31.7 Å². The SMILES string of the molecule is CC(C)C(=O)N1CCc2nc(-c3c(-c4ccccc4)ccnc3N3CC[C@H](F)C3)[nH]c2C1. The van der Waals surface area contributed by atoms with Gasteiger partial charge in [0, 0.05) is 31.6 Å². The van der Waals surface area contributed by atoms with E-state index in [2.05, 4.69) is 22.1 Å². The molecule has 4 heterocycles. The fraction of sp³-hybridized carbons (Fsp3) is 0.400. The minimum atomic E-state index is -0.842. The number of anilines is 1. The van der Waals surface area contributed by atoms with E-state index < -0.39 is 6.17 Å². The first-order valence-electron chi connectivity index (χ1n) is 11.3. The lowest BCUT2D eigenvalue weighted by Crippen LogP contribution is -2.38. The summed E-state index contributed by atoms with van der Waals surface area (Å²) in [5.41, 5.74) is 4.93. The molecule has 1 atom stereocenters. The van der Waals surface area contributed by atoms with Gasteiger partial charge in [0.05, 0.1) is 30.0 Å². The van der Waals surface area contributed by atoms with Crippen molar-refractivity contribution in [3.05, 3.63) is 54.0 Å². The molecule has 1 amide bonds. The molecule has 6 nitrogen and oxygen atoms in total. The van der Waals surface area contributed by atoms with Crippen LogP contribution in [0.2, 0.25) is 0 Å². The Hall–Kier alpha value is -3.22. The molecule has 3 aromatic rings. The standard InChI is InChI=1S/C25H28FN5O/c1-16(2)25(32)31-13-10-20-21(15-31)29-23(28-20)22-19(17-6-4-3-5-7-17)8-11-27-24(22)30-12-9-18(26)14-30/h3-8,11,16,18H,9-10,12-15H2,1-2H3,(H,28,29)/t18-/m0/s1. The molecule has 2 aliphatic rings. The highest BCUT2D eigenvalue weighted by atomic mass is 19.1. The maximum Gasteiger partial charge on any atom is 0.225 e. The number of amides is 1. The van der Waals surface area contributed by atoms with Crippen LogP contribution in [-0.4, -0.2) is 51.6 Å². The number of imidazole rings is 1. The zero-order chi connectivity index (χ0) is 22.2. The summed E-state index contributed by atoms with van der Waals surface area (Å²) in [4.78, 5) is 29.5. The number of alkyl halides is 1. The predicted molar refractivity (Wildman–Crippen MR) is 123 cm³/mol. The number of pyridine rings is 1. The smallest absolute Gasteiger partial charge is 0.225 e. The Morgan fingerprint density at radius 3 is 2.72 bits per heavy atom. The van der Waals surface area contributed by atoms with Gasteiger partial charge in [-0.1, -0.05) is 44.2 Å². The average Bonchev–Trinajstić information content (AvgIpc) is 3.44. The number of fused-ring (bicyclic) bond motifs is 1. The molecule has 0 radical (unpaired) electrons. The van der Waals surface area contributed by atoms with E-state index in [1.165, 1.54) is 0 Å². The lowest BCUT2D eigenvalue weighted by atomic mass is 10.00. The molecule has 0 bridgehead atoms. The van der Waals surface area contributed by atoms with Crippen LogP contribution in [0.4, 0.5) is 10.2 Å². The van der Waals surface area contributed by atoms with Crippen LogP contribution in [0.3, 0.4) is 0 Å². The van der Waals surface area contributed by atoms with E-state index in [1.807, 2.05) is 47.9 Å². The van der Waals surface area contributed by atoms with Crippen LogP contribution in [0.15, 0.2) is 42.6 Å². The number of H-pyrrole nitrogens is 1. The molecular weight excluding hydrogens is 405 g/mol. The van der Waals surface area contributed by atoms with E-state index in [9.17, 15) is 9.18 Å². The normalized spacial score (nSPS) is 18.3. The molecule has 32 heavy (non-hydrogen) atoms. The summed E-state index contributed by atoms with van der Waals surface area (Å²) in [6, 6.07) is 12.1. The molecule has 5 rings (SSSR count). The monoisotopic (exact) mass is 433 g/mol. The zero-order valence-electron chi connectivity index (χ0n) is 18.5. The topological polar surface area (TPSA) is 65.1 Å². The lowest BCUT2D eigenvalue weighted by molar-refractivity contribution is -0.135. The first kappa shape index (κ1) is 20.7. The fourth-order valence-corrected chi connectivity index (χ4v) is 4.66. The number of carbonyl (C=O) groups excluding carboxylic acids is 1. The number of aromatic amines is 1. The Kier molecular flexibility index (Phi) is 5.41. The summed E-state index contributed by atoms with van der Waals surface area (Å²) in [5, 5.41) is 0. The molecule has 1 saturated heterocycles. The summed E-state index contributed by atoms with van der Waals surface area (Å²) in [6.45, 7) is 6.05. The van der Waals surface area contributed by atoms with Gasteiger partial charge in [0.2, 0.25) is 5.91 Å². The number of hydrogen-bond donors (Lipinski definition) is 1. The molecule has 0 spiro atoms. The van der Waals surface area contributed by atoms with E-state index in [0.29, 0.717) is 32.6 Å². The molecule has 1 fully saturated rings. The maximum atomic E-state index is 14.1. The Bertz CT molecular complexity index is 1130. The molecule has 2 aliphatic heterocycles. The van der Waals surface area contributed by atoms with Crippen molar-refractivity contribution in [2.45, 2.75) is 39.4 Å². The predicted octanol–water partition coefficient (Wildman–Crippen LogP) is 4.23. The molecule has 7 heteroatoms. The van der Waals surface area contributed by atoms with Crippen molar-refractivity contribution < 1.29 is 9.18 Å². The number of hydrogen-bond acceptors (Lipinski definition) is 4. The number of rotatable bonds is 4. The van der Waals surface area contributed by atoms with Gasteiger partial charge < -0.3 is 14.8 Å². The summed E-state index contributed by atoms with van der Waals surface area (Å²) < 4.78 is 14.1. The number of carbonyl (C=O) groups is 1. The first-order valence-corrected chi connectivity index (χ1v) is 11.3. The summed E-state index contributed by atoms with van der Waals surface area (Å²) in [7, 11) is 0. The molecule has 1 N–H and O–H groups in total. The van der Waals surface area contributed by atoms with Gasteiger partial charge in [-0.15, -0.1) is 0 Å². The third-order valence-corrected chi connectivity index (χ3v) is 6.32. The number of aromatic nitrogens is 3. The number of benzene rings is 1. The van der Waals surface area contributed by atoms with Gasteiger partial charge in [-0.3, -0.25) is 4.79 Å². The lowest BCUT2D eigenvalue weighted by Gasteiger charge is -2.27. The Balaban J connectivity index is 1.59. The zero-order valence-corrected chi connectivity index (χ0v) is 18.5. The van der Waals surface area contributed by atoms with Gasteiger partial charge >= 0.3 is 0 Å². The van der Waals surface area contributed by atoms with Crippen molar-refractivity contribution >= 4 is 11.7 Å². The van der Waals surface area contributed by atoms with E-state index in [1.54, 1.807) is 6.20 Å². The van der Waals surface area contributed by atoms with Gasteiger partial charge in [0.25, 0.3) is 0 Å². The van der Waals surface area contributed by atoms with E-state index in [-0.39, 0.29) is 11.8 Å². The highest BCUT2D eigenvalue weighted by molar-refractivity contribution is 5.88. The van der Waals surface area contributed by atoms with Crippen molar-refractivity contribution in [3.8, 4) is 22.5 Å². The van der Waals surface area contributed by atoms with Crippen molar-refractivity contribution in [2.75, 3.05) is 24.5 Å². The van der Waals surface area contributed by atoms with E-state index >= 15 is 0 Å². The largest absolute Gasteiger partial charge is 0.353 e. The van der Waals surface area contributed by atoms with Crippen molar-refractivity contribution in [1.82, 2.24) is 19.9 Å². The Morgan fingerprint density at radius 1 is 1.19 bits per heavy atom. The Labute approximate surface area is 187 Å². The number of nitrogens with zero attached hydrogens (tertiary/aromatic N) is 4. The van der Waals surface area contributed by atoms with Gasteiger partial charge in [0.15, 0.2) is 0 Å². The third-order valence-electron chi connectivity index (χ3n) is 6.32. The third kappa shape index (κ3) is 3.76. The fourth-order valence-electron chi connectivity index (χ4n) is 4.66. The van der Waals surface area contributed by atoms with E-state index in [0.717, 1.165) is 46.1 Å². The number of halogens is 1. The van der Waals surface area contributed by atoms with Gasteiger partial charge in [0.1, 0.15) is 17.8 Å². The molecular formula is C25H28FN5O. The van der Waals surface area contributed by atoms with Gasteiger partial charge in [-0.25, -0.2) is 14.4 Å². The van der Waals surface area contributed by atoms with Crippen molar-refractivity contribution in [2.24, 2.45) is 5.92 Å². The summed E-state index contributed by atoms with van der Waals surface area (Å²) in [6.07, 6.45) is 2.18. The van der Waals surface area contributed by atoms with Crippen LogP contribution >= 0.6 is 0 Å². The molecule has 166 valence electrons. The molecule has 0 saturated carbocycles. The van der Waals surface area contributed by atoms with E-state index in [4.69, 9.17) is 4.98 Å². The first-order chi connectivity index (χ1) is 15.5. The van der Waals surface area contributed by atoms with Crippen LogP contribution in [0.25, 0.3) is 22.5 Å².